The van der Waals surface area contributed by atoms with Gasteiger partial charge in [-0.15, -0.1) is 0 Å². The van der Waals surface area contributed by atoms with Gasteiger partial charge in [-0.1, -0.05) is 36.4 Å². The number of para-hydroxylation sites is 1. The van der Waals surface area contributed by atoms with E-state index in [2.05, 4.69) is 0 Å². The van der Waals surface area contributed by atoms with Crippen LogP contribution < -0.4 is 9.64 Å². The number of carbonyl (C=O) groups excluding carboxylic acids is 1. The second-order valence-electron chi connectivity index (χ2n) is 6.83. The van der Waals surface area contributed by atoms with Crippen molar-refractivity contribution in [3.05, 3.63) is 89.7 Å². The minimum absolute atomic E-state index is 0.0506. The Balaban J connectivity index is 1.75. The molecule has 0 aromatic heterocycles. The third kappa shape index (κ3) is 3.61. The summed E-state index contributed by atoms with van der Waals surface area (Å²) in [4.78, 5) is 14.8. The average molecular weight is 426 g/mol. The molecule has 0 fully saturated rings. The number of carbonyl (C=O) groups is 1. The first-order valence-electron chi connectivity index (χ1n) is 9.21. The molecule has 0 bridgehead atoms. The lowest BCUT2D eigenvalue weighted by Gasteiger charge is -2.36. The first kappa shape index (κ1) is 19.9. The van der Waals surface area contributed by atoms with E-state index < -0.39 is 21.9 Å². The number of hydrogen-bond donors (Lipinski definition) is 0. The summed E-state index contributed by atoms with van der Waals surface area (Å²) in [5.41, 5.74) is 1.62. The van der Waals surface area contributed by atoms with Crippen LogP contribution in [0.1, 0.15) is 11.1 Å². The number of ether oxygens (including phenoxy) is 1. The van der Waals surface area contributed by atoms with E-state index in [1.165, 1.54) is 35.2 Å². The van der Waals surface area contributed by atoms with Gasteiger partial charge in [0.05, 0.1) is 25.9 Å². The minimum atomic E-state index is -4.05. The third-order valence-electron chi connectivity index (χ3n) is 4.88. The van der Waals surface area contributed by atoms with Crippen molar-refractivity contribution in [2.45, 2.75) is 18.0 Å². The smallest absolute Gasteiger partial charge is 0.339 e. The lowest BCUT2D eigenvalue weighted by Crippen LogP contribution is -2.49. The van der Waals surface area contributed by atoms with Crippen molar-refractivity contribution in [2.75, 3.05) is 12.0 Å². The van der Waals surface area contributed by atoms with E-state index in [4.69, 9.17) is 4.74 Å². The fraction of sp³-hybridized carbons (Fsp3) is 0.136. The summed E-state index contributed by atoms with van der Waals surface area (Å²) in [6.07, 6.45) is 0. The Morgan fingerprint density at radius 1 is 0.900 bits per heavy atom. The largest absolute Gasteiger partial charge is 0.497 e. The van der Waals surface area contributed by atoms with Crippen LogP contribution in [0.2, 0.25) is 0 Å². The zero-order chi connectivity index (χ0) is 21.3. The second-order valence-corrected chi connectivity index (χ2v) is 8.66. The predicted molar refractivity (Wildman–Crippen MR) is 110 cm³/mol. The van der Waals surface area contributed by atoms with E-state index in [0.29, 0.717) is 17.0 Å². The van der Waals surface area contributed by atoms with E-state index in [1.54, 1.807) is 37.4 Å². The van der Waals surface area contributed by atoms with Gasteiger partial charge in [0.2, 0.25) is 0 Å². The molecule has 0 spiro atoms. The van der Waals surface area contributed by atoms with Gasteiger partial charge in [0, 0.05) is 0 Å². The lowest BCUT2D eigenvalue weighted by molar-refractivity contribution is 0.226. The summed E-state index contributed by atoms with van der Waals surface area (Å²) in [7, 11) is -2.50. The molecule has 4 rings (SSSR count). The average Bonchev–Trinajstić information content (AvgIpc) is 2.76. The molecule has 0 aliphatic carbocycles. The monoisotopic (exact) mass is 426 g/mol. The highest BCUT2D eigenvalue weighted by Crippen LogP contribution is 2.36. The number of amides is 2. The van der Waals surface area contributed by atoms with Gasteiger partial charge in [0.15, 0.2) is 0 Å². The number of benzene rings is 3. The molecule has 1 heterocycles. The fourth-order valence-electron chi connectivity index (χ4n) is 3.37. The number of rotatable bonds is 5. The Bertz CT molecular complexity index is 1200. The Labute approximate surface area is 174 Å². The van der Waals surface area contributed by atoms with E-state index in [9.17, 15) is 17.6 Å². The Hall–Kier alpha value is -3.39. The van der Waals surface area contributed by atoms with Gasteiger partial charge in [-0.25, -0.2) is 21.9 Å². The zero-order valence-corrected chi connectivity index (χ0v) is 17.0. The normalized spacial score (nSPS) is 15.1. The van der Waals surface area contributed by atoms with Gasteiger partial charge in [-0.2, -0.15) is 0 Å². The van der Waals surface area contributed by atoms with Gasteiger partial charge in [0.1, 0.15) is 16.5 Å². The number of hydrogen-bond acceptors (Lipinski definition) is 4. The number of anilines is 1. The molecule has 3 aromatic carbocycles. The van der Waals surface area contributed by atoms with Crippen LogP contribution in [-0.2, 0) is 23.1 Å². The highest BCUT2D eigenvalue weighted by Gasteiger charge is 2.41. The lowest BCUT2D eigenvalue weighted by atomic mass is 10.2. The maximum Gasteiger partial charge on any atom is 0.339 e. The topological polar surface area (TPSA) is 66.9 Å². The van der Waals surface area contributed by atoms with Crippen LogP contribution in [0.5, 0.6) is 5.75 Å². The molecule has 0 saturated heterocycles. The zero-order valence-electron chi connectivity index (χ0n) is 16.2. The number of sulfonamides is 1. The van der Waals surface area contributed by atoms with Crippen LogP contribution in [0.25, 0.3) is 0 Å². The van der Waals surface area contributed by atoms with E-state index >= 15 is 0 Å². The van der Waals surface area contributed by atoms with Crippen LogP contribution in [0.3, 0.4) is 0 Å². The third-order valence-corrected chi connectivity index (χ3v) is 6.65. The number of nitrogens with zero attached hydrogens (tertiary/aromatic N) is 2. The summed E-state index contributed by atoms with van der Waals surface area (Å²) in [5.74, 6) is 0.206. The molecule has 0 atom stereocenters. The SMILES string of the molecule is COc1cccc(CN2C(=O)N(Cc3ccc(F)cc3)S(=O)(=O)c3ccccc32)c1. The van der Waals surface area contributed by atoms with Crippen molar-refractivity contribution in [2.24, 2.45) is 0 Å². The Morgan fingerprint density at radius 2 is 1.63 bits per heavy atom. The van der Waals surface area contributed by atoms with Crippen molar-refractivity contribution in [3.63, 3.8) is 0 Å². The fourth-order valence-corrected chi connectivity index (χ4v) is 4.93. The predicted octanol–water partition coefficient (Wildman–Crippen LogP) is 4.17. The Morgan fingerprint density at radius 3 is 2.37 bits per heavy atom. The molecule has 8 heteroatoms. The van der Waals surface area contributed by atoms with Crippen molar-refractivity contribution in [3.8, 4) is 5.75 Å². The molecule has 1 aliphatic heterocycles. The maximum atomic E-state index is 13.3. The molecule has 0 unspecified atom stereocenters. The van der Waals surface area contributed by atoms with Crippen molar-refractivity contribution in [1.29, 1.82) is 0 Å². The maximum absolute atomic E-state index is 13.3. The summed E-state index contributed by atoms with van der Waals surface area (Å²) >= 11 is 0. The van der Waals surface area contributed by atoms with Crippen LogP contribution in [0, 0.1) is 5.82 Å². The number of urea groups is 1. The van der Waals surface area contributed by atoms with Gasteiger partial charge in [0.25, 0.3) is 10.0 Å². The van der Waals surface area contributed by atoms with Crippen LogP contribution in [0.15, 0.2) is 77.7 Å². The highest BCUT2D eigenvalue weighted by atomic mass is 32.2. The van der Waals surface area contributed by atoms with Gasteiger partial charge >= 0.3 is 6.03 Å². The van der Waals surface area contributed by atoms with Crippen molar-refractivity contribution >= 4 is 21.7 Å². The van der Waals surface area contributed by atoms with Crippen LogP contribution in [-0.4, -0.2) is 25.9 Å². The molecule has 3 aromatic rings. The van der Waals surface area contributed by atoms with Gasteiger partial charge in [-0.3, -0.25) is 4.90 Å². The van der Waals surface area contributed by atoms with Crippen molar-refractivity contribution in [1.82, 2.24) is 4.31 Å². The van der Waals surface area contributed by atoms with Gasteiger partial charge in [-0.05, 0) is 47.5 Å². The highest BCUT2D eigenvalue weighted by molar-refractivity contribution is 7.90. The standard InChI is InChI=1S/C22H19FN2O4S/c1-29-19-6-4-5-17(13-19)14-24-20-7-2-3-8-21(20)30(27,28)25(22(24)26)15-16-9-11-18(23)12-10-16/h2-13H,14-15H2,1H3. The summed E-state index contributed by atoms with van der Waals surface area (Å²) in [5, 5.41) is 0. The quantitative estimate of drug-likeness (QED) is 0.614. The summed E-state index contributed by atoms with van der Waals surface area (Å²) < 4.78 is 45.6. The summed E-state index contributed by atoms with van der Waals surface area (Å²) in [6, 6.07) is 18.4. The molecule has 30 heavy (non-hydrogen) atoms. The van der Waals surface area contributed by atoms with Crippen LogP contribution in [0.4, 0.5) is 14.9 Å². The molecule has 0 N–H and O–H groups in total. The number of halogens is 1. The molecule has 1 aliphatic rings. The molecule has 0 saturated carbocycles. The molecular formula is C22H19FN2O4S. The number of fused-ring (bicyclic) bond motifs is 1. The van der Waals surface area contributed by atoms with E-state index in [-0.39, 0.29) is 18.0 Å². The summed E-state index contributed by atoms with van der Waals surface area (Å²) in [6.45, 7) is -0.0210. The molecule has 2 amide bonds. The van der Waals surface area contributed by atoms with Crippen molar-refractivity contribution < 1.29 is 22.3 Å². The molecule has 154 valence electrons. The van der Waals surface area contributed by atoms with E-state index in [1.807, 2.05) is 12.1 Å². The molecular weight excluding hydrogens is 407 g/mol. The number of methoxy groups -OCH3 is 1. The molecule has 6 nitrogen and oxygen atoms in total. The first-order chi connectivity index (χ1) is 14.4. The van der Waals surface area contributed by atoms with E-state index in [0.717, 1.165) is 9.87 Å². The second kappa shape index (κ2) is 7.79. The van der Waals surface area contributed by atoms with Gasteiger partial charge < -0.3 is 4.74 Å². The minimum Gasteiger partial charge on any atom is -0.497 e. The molecule has 0 radical (unpaired) electrons. The van der Waals surface area contributed by atoms with Crippen LogP contribution >= 0.6 is 0 Å². The first-order valence-corrected chi connectivity index (χ1v) is 10.6. The Kier molecular flexibility index (Phi) is 5.17.